The summed E-state index contributed by atoms with van der Waals surface area (Å²) in [5.74, 6) is -3.10. The third-order valence-electron chi connectivity index (χ3n) is 12.5. The van der Waals surface area contributed by atoms with Gasteiger partial charge in [0.1, 0.15) is 45.0 Å². The molecule has 19 nitrogen and oxygen atoms in total. The Kier molecular flexibility index (Phi) is 11.5. The van der Waals surface area contributed by atoms with Crippen molar-refractivity contribution in [3.63, 3.8) is 0 Å². The van der Waals surface area contributed by atoms with Gasteiger partial charge in [-0.2, -0.15) is 8.42 Å². The first-order chi connectivity index (χ1) is 35.8. The lowest BCUT2D eigenvalue weighted by molar-refractivity contribution is 0.0224. The van der Waals surface area contributed by atoms with Crippen LogP contribution in [0.4, 0.5) is 34.1 Å². The smallest absolute Gasteiger partial charge is 0.340 e. The van der Waals surface area contributed by atoms with Crippen LogP contribution in [0.5, 0.6) is 34.5 Å². The van der Waals surface area contributed by atoms with Gasteiger partial charge in [-0.3, -0.25) is 14.5 Å². The molecule has 0 aliphatic carbocycles. The second-order valence-corrected chi connectivity index (χ2v) is 18.4. The van der Waals surface area contributed by atoms with Crippen LogP contribution in [0.2, 0.25) is 0 Å². The first-order valence-electron chi connectivity index (χ1n) is 22.5. The number of esters is 1. The van der Waals surface area contributed by atoms with Gasteiger partial charge in [0.15, 0.2) is 22.8 Å². The van der Waals surface area contributed by atoms with Crippen LogP contribution in [0, 0.1) is 4.91 Å². The van der Waals surface area contributed by atoms with E-state index >= 15 is 0 Å². The number of ether oxygens (including phenoxy) is 2. The maximum atomic E-state index is 14.7. The van der Waals surface area contributed by atoms with Crippen molar-refractivity contribution >= 4 is 61.0 Å². The van der Waals surface area contributed by atoms with Crippen molar-refractivity contribution in [1.29, 1.82) is 0 Å². The third-order valence-corrected chi connectivity index (χ3v) is 13.4. The van der Waals surface area contributed by atoms with Gasteiger partial charge in [-0.05, 0) is 77.3 Å². The van der Waals surface area contributed by atoms with E-state index in [0.29, 0.717) is 29.9 Å². The largest absolute Gasteiger partial charge is 0.508 e. The molecular formula is C54H36N8O11S. The molecule has 1 spiro atoms. The number of carbonyl (C=O) groups is 1. The van der Waals surface area contributed by atoms with Crippen LogP contribution in [-0.4, -0.2) is 49.3 Å². The summed E-state index contributed by atoms with van der Waals surface area (Å²) in [7, 11) is -4.71. The van der Waals surface area contributed by atoms with E-state index in [0.717, 1.165) is 17.5 Å². The van der Waals surface area contributed by atoms with Crippen molar-refractivity contribution in [1.82, 2.24) is 9.97 Å². The monoisotopic (exact) mass is 1000 g/mol. The van der Waals surface area contributed by atoms with Gasteiger partial charge in [0, 0.05) is 52.7 Å². The lowest BCUT2D eigenvalue weighted by Gasteiger charge is -2.36. The predicted octanol–water partition coefficient (Wildman–Crippen LogP) is 12.4. The zero-order valence-corrected chi connectivity index (χ0v) is 39.0. The molecule has 0 radical (unpaired) electrons. The van der Waals surface area contributed by atoms with Gasteiger partial charge in [0.05, 0.1) is 52.5 Å². The predicted molar refractivity (Wildman–Crippen MR) is 269 cm³/mol. The molecule has 2 aliphatic heterocycles. The highest BCUT2D eigenvalue weighted by Gasteiger charge is 2.55. The standard InChI is InChI=1S/C54H36N8O11S/c63-33-20-21-35-45(24-33)72-46-27-44(64)40(59-58-39-17-7-10-30-11-8-19-47(48(30)39)74(69,70)71)25-37(46)54(35)36-15-9-14-34(49(36)53(67)73-54)50-51(65)41(26-42(61-68)52(50)66)60-57-38-16-1-2-18-43(38)62(28-31-12-3-5-22-55-31)29-32-13-4-6-23-56-32/h1-27,63-66H,28-29H2,(H,69,70,71)/b59-58+,60-57+. The number of anilines is 1. The SMILES string of the molecule is O=Nc1cc(/N=N/c2ccccc2N(Cc2ccccn2)Cc2ccccn2)c(O)c(-c2cccc3c2C(=O)OC32c3ccc(O)cc3Oc3cc(O)c(/N=N/c4cccc5cccc(S(=O)(=O)O)c45)cc32)c1O. The minimum absolute atomic E-state index is 0.0277. The number of nitrogens with zero attached hydrogens (tertiary/aromatic N) is 8. The Bertz CT molecular complexity index is 3910. The fraction of sp³-hybridized carbons (Fsp3) is 0.0556. The average molecular weight is 1000 g/mol. The number of aromatic hydroxyl groups is 4. The zero-order valence-electron chi connectivity index (χ0n) is 38.2. The number of phenolic OH excluding ortho intramolecular Hbond substituents is 4. The number of rotatable bonds is 12. The molecule has 74 heavy (non-hydrogen) atoms. The number of fused-ring (bicyclic) bond motifs is 7. The summed E-state index contributed by atoms with van der Waals surface area (Å²) in [6, 6.07) is 39.5. The van der Waals surface area contributed by atoms with Crippen LogP contribution < -0.4 is 9.64 Å². The molecule has 0 saturated heterocycles. The number of hydrogen-bond acceptors (Lipinski definition) is 18. The highest BCUT2D eigenvalue weighted by molar-refractivity contribution is 7.86. The molecule has 4 heterocycles. The maximum Gasteiger partial charge on any atom is 0.340 e. The number of pyridine rings is 2. The summed E-state index contributed by atoms with van der Waals surface area (Å²) in [4.78, 5) is 37.7. The molecule has 0 saturated carbocycles. The van der Waals surface area contributed by atoms with Crippen LogP contribution in [-0.2, 0) is 33.5 Å². The molecule has 2 aromatic heterocycles. The van der Waals surface area contributed by atoms with Crippen LogP contribution in [0.3, 0.4) is 0 Å². The van der Waals surface area contributed by atoms with Crippen LogP contribution >= 0.6 is 0 Å². The summed E-state index contributed by atoms with van der Waals surface area (Å²) >= 11 is 0. The Morgan fingerprint density at radius 1 is 0.581 bits per heavy atom. The Hall–Kier alpha value is -9.92. The molecule has 20 heteroatoms. The highest BCUT2D eigenvalue weighted by atomic mass is 32.2. The zero-order chi connectivity index (χ0) is 51.3. The maximum absolute atomic E-state index is 14.7. The van der Waals surface area contributed by atoms with E-state index in [1.165, 1.54) is 60.7 Å². The number of benzene rings is 7. The highest BCUT2D eigenvalue weighted by Crippen LogP contribution is 2.60. The number of azo groups is 2. The number of phenols is 4. The molecule has 1 unspecified atom stereocenters. The third kappa shape index (κ3) is 8.10. The minimum Gasteiger partial charge on any atom is -0.508 e. The first-order valence-corrected chi connectivity index (χ1v) is 23.9. The van der Waals surface area contributed by atoms with Gasteiger partial charge in [-0.25, -0.2) is 4.79 Å². The Morgan fingerprint density at radius 3 is 1.93 bits per heavy atom. The second-order valence-electron chi connectivity index (χ2n) is 17.0. The average Bonchev–Trinajstić information content (AvgIpc) is 3.74. The van der Waals surface area contributed by atoms with E-state index in [-0.39, 0.29) is 67.5 Å². The summed E-state index contributed by atoms with van der Waals surface area (Å²) in [5.41, 5.74) is -0.663. The number of para-hydroxylation sites is 1. The molecule has 9 aromatic rings. The molecule has 5 N–H and O–H groups in total. The van der Waals surface area contributed by atoms with Gasteiger partial charge in [0.2, 0.25) is 0 Å². The van der Waals surface area contributed by atoms with Gasteiger partial charge < -0.3 is 34.8 Å². The summed E-state index contributed by atoms with van der Waals surface area (Å²) in [6.45, 7) is 0.712. The number of aromatic nitrogens is 2. The first kappa shape index (κ1) is 46.5. The topological polar surface area (TPSA) is 279 Å². The number of hydrogen-bond donors (Lipinski definition) is 5. The van der Waals surface area contributed by atoms with E-state index in [4.69, 9.17) is 9.47 Å². The van der Waals surface area contributed by atoms with E-state index in [1.54, 1.807) is 48.8 Å². The van der Waals surface area contributed by atoms with Gasteiger partial charge in [0.25, 0.3) is 10.1 Å². The Labute approximate surface area is 419 Å². The van der Waals surface area contributed by atoms with E-state index in [2.05, 4.69) is 35.6 Å². The summed E-state index contributed by atoms with van der Waals surface area (Å²) in [5, 5.41) is 66.8. The van der Waals surface area contributed by atoms with Crippen molar-refractivity contribution in [3.05, 3.63) is 203 Å². The molecule has 1 atom stereocenters. The normalized spacial score (nSPS) is 14.7. The molecule has 7 aromatic carbocycles. The molecule has 11 rings (SSSR count). The van der Waals surface area contributed by atoms with Crippen LogP contribution in [0.15, 0.2) is 195 Å². The van der Waals surface area contributed by atoms with Crippen molar-refractivity contribution in [2.45, 2.75) is 23.6 Å². The quantitative estimate of drug-likeness (QED) is 0.0329. The lowest BCUT2D eigenvalue weighted by atomic mass is 9.76. The Morgan fingerprint density at radius 2 is 1.22 bits per heavy atom. The fourth-order valence-corrected chi connectivity index (χ4v) is 10.1. The van der Waals surface area contributed by atoms with Gasteiger partial charge in [-0.15, -0.1) is 25.4 Å². The van der Waals surface area contributed by atoms with E-state index in [9.17, 15) is 43.1 Å². The van der Waals surface area contributed by atoms with Gasteiger partial charge in [-0.1, -0.05) is 66.7 Å². The molecule has 0 fully saturated rings. The van der Waals surface area contributed by atoms with Crippen LogP contribution in [0.1, 0.15) is 38.4 Å². The van der Waals surface area contributed by atoms with Crippen LogP contribution in [0.25, 0.3) is 21.9 Å². The fourth-order valence-electron chi connectivity index (χ4n) is 9.32. The Balaban J connectivity index is 1.03. The molecule has 2 aliphatic rings. The van der Waals surface area contributed by atoms with Crippen molar-refractivity contribution in [2.24, 2.45) is 25.6 Å². The molecule has 0 amide bonds. The van der Waals surface area contributed by atoms with E-state index in [1.807, 2.05) is 53.4 Å². The second kappa shape index (κ2) is 18.4. The van der Waals surface area contributed by atoms with E-state index < -0.39 is 55.1 Å². The van der Waals surface area contributed by atoms with Crippen molar-refractivity contribution in [3.8, 4) is 45.6 Å². The van der Waals surface area contributed by atoms with Gasteiger partial charge >= 0.3 is 5.97 Å². The molecular weight excluding hydrogens is 969 g/mol. The van der Waals surface area contributed by atoms with Crippen molar-refractivity contribution in [2.75, 3.05) is 4.90 Å². The van der Waals surface area contributed by atoms with Crippen molar-refractivity contribution < 1.29 is 47.7 Å². The molecule has 364 valence electrons. The summed E-state index contributed by atoms with van der Waals surface area (Å²) < 4.78 is 47.5. The summed E-state index contributed by atoms with van der Waals surface area (Å²) in [6.07, 6.45) is 3.38. The molecule has 0 bridgehead atoms. The lowest BCUT2D eigenvalue weighted by Crippen LogP contribution is -2.32. The number of nitroso groups, excluding NO2 is 1. The number of carbonyl (C=O) groups excluding carboxylic acids is 1. The minimum atomic E-state index is -4.71.